The first-order chi connectivity index (χ1) is 9.56. The Kier molecular flexibility index (Phi) is 4.69. The Morgan fingerprint density at radius 2 is 2.05 bits per heavy atom. The van der Waals surface area contributed by atoms with Crippen LogP contribution in [0.3, 0.4) is 0 Å². The minimum Gasteiger partial charge on any atom is -0.273 e. The lowest BCUT2D eigenvalue weighted by atomic mass is 10.0. The van der Waals surface area contributed by atoms with Gasteiger partial charge in [-0.3, -0.25) is 4.79 Å². The molecule has 0 saturated carbocycles. The molecule has 1 amide bonds. The van der Waals surface area contributed by atoms with Crippen LogP contribution in [0, 0.1) is 13.8 Å². The zero-order valence-electron chi connectivity index (χ0n) is 11.9. The molecule has 0 spiro atoms. The maximum atomic E-state index is 11.9. The van der Waals surface area contributed by atoms with Gasteiger partial charge in [-0.1, -0.05) is 24.3 Å². The van der Waals surface area contributed by atoms with Crippen molar-refractivity contribution in [1.29, 1.82) is 0 Å². The van der Waals surface area contributed by atoms with Gasteiger partial charge in [0.05, 0.1) is 12.1 Å². The Balaban J connectivity index is 1.95. The molecule has 1 heterocycles. The molecule has 0 aliphatic carbocycles. The van der Waals surface area contributed by atoms with Crippen LogP contribution in [0.1, 0.15) is 28.5 Å². The summed E-state index contributed by atoms with van der Waals surface area (Å²) in [6.45, 7) is 6.01. The van der Waals surface area contributed by atoms with E-state index < -0.39 is 0 Å². The van der Waals surface area contributed by atoms with E-state index in [2.05, 4.69) is 24.4 Å². The molecule has 1 aromatic heterocycles. The summed E-state index contributed by atoms with van der Waals surface area (Å²) in [5, 5.41) is 6.12. The van der Waals surface area contributed by atoms with Gasteiger partial charge in [0.2, 0.25) is 5.91 Å². The van der Waals surface area contributed by atoms with E-state index in [-0.39, 0.29) is 5.91 Å². The Bertz CT molecular complexity index is 630. The van der Waals surface area contributed by atoms with Gasteiger partial charge in [-0.25, -0.2) is 5.43 Å². The molecule has 4 heteroatoms. The molecule has 20 heavy (non-hydrogen) atoms. The lowest BCUT2D eigenvalue weighted by molar-refractivity contribution is -0.120. The molecule has 0 aliphatic heterocycles. The number of rotatable bonds is 4. The summed E-state index contributed by atoms with van der Waals surface area (Å²) in [6, 6.07) is 10.0. The molecule has 2 aromatic rings. The van der Waals surface area contributed by atoms with E-state index in [0.717, 1.165) is 16.2 Å². The normalized spacial score (nSPS) is 11.4. The van der Waals surface area contributed by atoms with Gasteiger partial charge in [0.25, 0.3) is 0 Å². The van der Waals surface area contributed by atoms with E-state index in [9.17, 15) is 4.79 Å². The number of hydrogen-bond donors (Lipinski definition) is 1. The maximum absolute atomic E-state index is 11.9. The summed E-state index contributed by atoms with van der Waals surface area (Å²) in [7, 11) is 0. The summed E-state index contributed by atoms with van der Waals surface area (Å²) in [5.74, 6) is -0.0934. The molecule has 0 aliphatic rings. The predicted octanol–water partition coefficient (Wildman–Crippen LogP) is 3.45. The number of nitrogens with one attached hydrogen (secondary N) is 1. The van der Waals surface area contributed by atoms with E-state index in [1.54, 1.807) is 11.3 Å². The van der Waals surface area contributed by atoms with Crippen molar-refractivity contribution in [3.05, 3.63) is 57.3 Å². The summed E-state index contributed by atoms with van der Waals surface area (Å²) in [4.78, 5) is 12.9. The third-order valence-corrected chi connectivity index (χ3v) is 4.14. The lowest BCUT2D eigenvalue weighted by Crippen LogP contribution is -2.21. The summed E-state index contributed by atoms with van der Waals surface area (Å²) in [5.41, 5.74) is 6.88. The molecule has 3 nitrogen and oxygen atoms in total. The van der Waals surface area contributed by atoms with E-state index >= 15 is 0 Å². The predicted molar refractivity (Wildman–Crippen MR) is 84.3 cm³/mol. The largest absolute Gasteiger partial charge is 0.273 e. The van der Waals surface area contributed by atoms with Gasteiger partial charge in [-0.15, -0.1) is 11.3 Å². The molecule has 0 saturated heterocycles. The highest BCUT2D eigenvalue weighted by Gasteiger charge is 2.04. The number of hydrogen-bond acceptors (Lipinski definition) is 3. The van der Waals surface area contributed by atoms with Crippen molar-refractivity contribution in [3.63, 3.8) is 0 Å². The van der Waals surface area contributed by atoms with Gasteiger partial charge in [0.15, 0.2) is 0 Å². The van der Waals surface area contributed by atoms with Crippen molar-refractivity contribution in [1.82, 2.24) is 5.43 Å². The quantitative estimate of drug-likeness (QED) is 0.679. The molecular formula is C16H18N2OS. The van der Waals surface area contributed by atoms with E-state index in [4.69, 9.17) is 0 Å². The number of carbonyl (C=O) groups excluding carboxylic acids is 1. The van der Waals surface area contributed by atoms with Crippen LogP contribution in [-0.2, 0) is 11.2 Å². The maximum Gasteiger partial charge on any atom is 0.244 e. The van der Waals surface area contributed by atoms with Crippen LogP contribution in [0.15, 0.2) is 40.8 Å². The van der Waals surface area contributed by atoms with E-state index in [1.807, 2.05) is 42.6 Å². The molecule has 2 rings (SSSR count). The summed E-state index contributed by atoms with van der Waals surface area (Å²) in [6.07, 6.45) is 0.350. The Labute approximate surface area is 123 Å². The molecule has 0 fully saturated rings. The minimum atomic E-state index is -0.0934. The van der Waals surface area contributed by atoms with Crippen LogP contribution >= 0.6 is 11.3 Å². The second-order valence-corrected chi connectivity index (χ2v) is 5.75. The van der Waals surface area contributed by atoms with E-state index in [1.165, 1.54) is 11.1 Å². The van der Waals surface area contributed by atoms with Crippen molar-refractivity contribution >= 4 is 23.0 Å². The topological polar surface area (TPSA) is 41.5 Å². The SMILES string of the molecule is C/C(=N\NC(=O)Cc1ccc(C)c(C)c1)c1cccs1. The zero-order chi connectivity index (χ0) is 14.5. The van der Waals surface area contributed by atoms with Gasteiger partial charge >= 0.3 is 0 Å². The average Bonchev–Trinajstić information content (AvgIpc) is 2.94. The van der Waals surface area contributed by atoms with Crippen LogP contribution in [0.2, 0.25) is 0 Å². The number of nitrogens with zero attached hydrogens (tertiary/aromatic N) is 1. The first-order valence-corrected chi connectivity index (χ1v) is 7.37. The third-order valence-electron chi connectivity index (χ3n) is 3.16. The first-order valence-electron chi connectivity index (χ1n) is 6.49. The fourth-order valence-electron chi connectivity index (χ4n) is 1.82. The number of hydrazone groups is 1. The fourth-order valence-corrected chi connectivity index (χ4v) is 2.50. The smallest absolute Gasteiger partial charge is 0.244 e. The van der Waals surface area contributed by atoms with Crippen LogP contribution in [0.5, 0.6) is 0 Å². The molecule has 104 valence electrons. The molecule has 1 N–H and O–H groups in total. The van der Waals surface area contributed by atoms with Crippen molar-refractivity contribution in [3.8, 4) is 0 Å². The summed E-state index contributed by atoms with van der Waals surface area (Å²) < 4.78 is 0. The molecule has 1 aromatic carbocycles. The second-order valence-electron chi connectivity index (χ2n) is 4.80. The van der Waals surface area contributed by atoms with Crippen LogP contribution < -0.4 is 5.43 Å². The Hall–Kier alpha value is -1.94. The lowest BCUT2D eigenvalue weighted by Gasteiger charge is -2.05. The average molecular weight is 286 g/mol. The standard InChI is InChI=1S/C16H18N2OS/c1-11-6-7-14(9-12(11)2)10-16(19)18-17-13(3)15-5-4-8-20-15/h4-9H,10H2,1-3H3,(H,18,19)/b17-13+. The highest BCUT2D eigenvalue weighted by atomic mass is 32.1. The van der Waals surface area contributed by atoms with E-state index in [0.29, 0.717) is 6.42 Å². The monoisotopic (exact) mass is 286 g/mol. The number of amides is 1. The first kappa shape index (κ1) is 14.5. The third kappa shape index (κ3) is 3.78. The number of aryl methyl sites for hydroxylation is 2. The van der Waals surface area contributed by atoms with Gasteiger partial charge < -0.3 is 0 Å². The second kappa shape index (κ2) is 6.48. The van der Waals surface area contributed by atoms with Gasteiger partial charge in [0.1, 0.15) is 0 Å². The van der Waals surface area contributed by atoms with Gasteiger partial charge in [-0.05, 0) is 48.9 Å². The molecular weight excluding hydrogens is 268 g/mol. The fraction of sp³-hybridized carbons (Fsp3) is 0.250. The van der Waals surface area contributed by atoms with Crippen molar-refractivity contribution in [2.75, 3.05) is 0 Å². The highest BCUT2D eigenvalue weighted by molar-refractivity contribution is 7.12. The number of thiophene rings is 1. The number of benzene rings is 1. The molecule has 0 bridgehead atoms. The minimum absolute atomic E-state index is 0.0934. The number of carbonyl (C=O) groups is 1. The molecule has 0 radical (unpaired) electrons. The van der Waals surface area contributed by atoms with Crippen molar-refractivity contribution in [2.45, 2.75) is 27.2 Å². The zero-order valence-corrected chi connectivity index (χ0v) is 12.8. The molecule has 0 atom stereocenters. The van der Waals surface area contributed by atoms with Crippen molar-refractivity contribution < 1.29 is 4.79 Å². The van der Waals surface area contributed by atoms with Gasteiger partial charge in [0, 0.05) is 4.88 Å². The Morgan fingerprint density at radius 3 is 2.70 bits per heavy atom. The Morgan fingerprint density at radius 1 is 1.25 bits per heavy atom. The van der Waals surface area contributed by atoms with Crippen molar-refractivity contribution in [2.24, 2.45) is 5.10 Å². The summed E-state index contributed by atoms with van der Waals surface area (Å²) >= 11 is 1.61. The van der Waals surface area contributed by atoms with Crippen LogP contribution in [-0.4, -0.2) is 11.6 Å². The van der Waals surface area contributed by atoms with Crippen LogP contribution in [0.25, 0.3) is 0 Å². The van der Waals surface area contributed by atoms with Crippen LogP contribution in [0.4, 0.5) is 0 Å². The van der Waals surface area contributed by atoms with Gasteiger partial charge in [-0.2, -0.15) is 5.10 Å². The highest BCUT2D eigenvalue weighted by Crippen LogP contribution is 2.11. The molecule has 0 unspecified atom stereocenters.